The molecule has 0 radical (unpaired) electrons. The van der Waals surface area contributed by atoms with Gasteiger partial charge in [0.25, 0.3) is 0 Å². The largest absolute Gasteiger partial charge is 0.454 e. The summed E-state index contributed by atoms with van der Waals surface area (Å²) in [5.41, 5.74) is 0. The van der Waals surface area contributed by atoms with E-state index in [-0.39, 0.29) is 19.4 Å². The fourth-order valence-corrected chi connectivity index (χ4v) is 10.6. The van der Waals surface area contributed by atoms with Gasteiger partial charge in [0.05, 0.1) is 25.4 Å². The number of unbranched alkanes of at least 4 members (excludes halogenated alkanes) is 41. The lowest BCUT2D eigenvalue weighted by Crippen LogP contribution is -2.61. The molecule has 1 aliphatic rings. The number of aliphatic hydroxyl groups is 5. The van der Waals surface area contributed by atoms with E-state index in [4.69, 9.17) is 14.2 Å². The average molecular weight is 1090 g/mol. The van der Waals surface area contributed by atoms with Crippen molar-refractivity contribution in [2.24, 2.45) is 0 Å². The monoisotopic (exact) mass is 1090 g/mol. The maximum Gasteiger partial charge on any atom is 0.306 e. The predicted octanol–water partition coefficient (Wildman–Crippen LogP) is 16.1. The molecule has 454 valence electrons. The Morgan fingerprint density at radius 2 is 0.857 bits per heavy atom. The van der Waals surface area contributed by atoms with E-state index in [0.717, 1.165) is 57.8 Å². The van der Waals surface area contributed by atoms with Gasteiger partial charge in [-0.15, -0.1) is 0 Å². The molecule has 0 bridgehead atoms. The van der Waals surface area contributed by atoms with Gasteiger partial charge >= 0.3 is 5.97 Å². The van der Waals surface area contributed by atoms with E-state index in [2.05, 4.69) is 38.2 Å². The molecule has 0 aromatic heterocycles. The molecular weight excluding hydrogens is 967 g/mol. The summed E-state index contributed by atoms with van der Waals surface area (Å²) >= 11 is 0. The normalized spacial score (nSPS) is 19.1. The van der Waals surface area contributed by atoms with Crippen molar-refractivity contribution in [3.63, 3.8) is 0 Å². The van der Waals surface area contributed by atoms with Crippen LogP contribution in [0.1, 0.15) is 323 Å². The summed E-state index contributed by atoms with van der Waals surface area (Å²) in [6, 6.07) is -1.03. The van der Waals surface area contributed by atoms with E-state index in [1.807, 2.05) is 6.08 Å². The topological polar surface area (TPSA) is 175 Å². The average Bonchev–Trinajstić information content (AvgIpc) is 3.43. The first-order chi connectivity index (χ1) is 37.7. The van der Waals surface area contributed by atoms with Crippen LogP contribution in [0.2, 0.25) is 0 Å². The molecule has 0 saturated carbocycles. The molecule has 8 atom stereocenters. The number of carbonyl (C=O) groups excluding carboxylic acids is 2. The number of esters is 1. The minimum absolute atomic E-state index is 0.128. The molecule has 11 heteroatoms. The van der Waals surface area contributed by atoms with E-state index in [0.29, 0.717) is 12.8 Å². The third kappa shape index (κ3) is 42.6. The Bertz CT molecular complexity index is 1350. The highest BCUT2D eigenvalue weighted by Gasteiger charge is 2.47. The van der Waals surface area contributed by atoms with Crippen LogP contribution in [0.15, 0.2) is 24.3 Å². The Morgan fingerprint density at radius 3 is 1.26 bits per heavy atom. The first kappa shape index (κ1) is 73.2. The van der Waals surface area contributed by atoms with Crippen LogP contribution >= 0.6 is 0 Å². The minimum Gasteiger partial charge on any atom is -0.454 e. The Hall–Kier alpha value is -1.86. The highest BCUT2D eigenvalue weighted by Crippen LogP contribution is 2.26. The van der Waals surface area contributed by atoms with Crippen LogP contribution in [0.25, 0.3) is 0 Å². The summed E-state index contributed by atoms with van der Waals surface area (Å²) in [5.74, 6) is -1.20. The van der Waals surface area contributed by atoms with Gasteiger partial charge in [-0.05, 0) is 51.4 Å². The number of rotatable bonds is 57. The lowest BCUT2D eigenvalue weighted by Gasteiger charge is -2.41. The van der Waals surface area contributed by atoms with Gasteiger partial charge in [0.2, 0.25) is 5.91 Å². The first-order valence-electron chi connectivity index (χ1n) is 33.1. The van der Waals surface area contributed by atoms with E-state index >= 15 is 0 Å². The van der Waals surface area contributed by atoms with Crippen molar-refractivity contribution < 1.29 is 49.3 Å². The van der Waals surface area contributed by atoms with Crippen LogP contribution in [0.3, 0.4) is 0 Å². The van der Waals surface area contributed by atoms with Gasteiger partial charge in [-0.3, -0.25) is 9.59 Å². The summed E-state index contributed by atoms with van der Waals surface area (Å²) in [6.45, 7) is 5.79. The van der Waals surface area contributed by atoms with Crippen molar-refractivity contribution in [1.82, 2.24) is 5.32 Å². The Labute approximate surface area is 473 Å². The number of ether oxygens (including phenoxy) is 3. The SMILES string of the molecule is CCCCCCCC/C=C\CCCCC(O)C(=O)NC(COC1OC(CO)C(O)C(O)C1OC(=O)CCCCCCCCCCCCCCCCCCCCCCCCCCC)C(O)/C=C/CCCCCCCCCCC. The number of nitrogens with one attached hydrogen (secondary N) is 1. The highest BCUT2D eigenvalue weighted by molar-refractivity contribution is 5.80. The Balaban J connectivity index is 2.54. The molecule has 1 aliphatic heterocycles. The van der Waals surface area contributed by atoms with Crippen LogP contribution in [0, 0.1) is 0 Å². The lowest BCUT2D eigenvalue weighted by atomic mass is 9.99. The number of amides is 1. The van der Waals surface area contributed by atoms with Crippen molar-refractivity contribution in [3.8, 4) is 0 Å². The Kier molecular flexibility index (Phi) is 52.0. The molecule has 77 heavy (non-hydrogen) atoms. The van der Waals surface area contributed by atoms with Gasteiger partial charge in [-0.25, -0.2) is 0 Å². The molecule has 0 aromatic rings. The summed E-state index contributed by atoms with van der Waals surface area (Å²) in [5, 5.41) is 56.9. The second-order valence-electron chi connectivity index (χ2n) is 23.2. The maximum atomic E-state index is 13.4. The van der Waals surface area contributed by atoms with Crippen molar-refractivity contribution in [2.45, 2.75) is 372 Å². The van der Waals surface area contributed by atoms with Crippen molar-refractivity contribution >= 4 is 11.9 Å². The second-order valence-corrected chi connectivity index (χ2v) is 23.2. The van der Waals surface area contributed by atoms with Gasteiger partial charge in [0, 0.05) is 6.42 Å². The fourth-order valence-electron chi connectivity index (χ4n) is 10.6. The van der Waals surface area contributed by atoms with Crippen LogP contribution in [-0.2, 0) is 23.8 Å². The highest BCUT2D eigenvalue weighted by atomic mass is 16.7. The number of allylic oxidation sites excluding steroid dienone is 3. The quantitative estimate of drug-likeness (QED) is 0.0195. The Morgan fingerprint density at radius 1 is 0.494 bits per heavy atom. The molecule has 0 spiro atoms. The molecule has 0 aromatic carbocycles. The smallest absolute Gasteiger partial charge is 0.306 e. The van der Waals surface area contributed by atoms with E-state index in [1.165, 1.54) is 218 Å². The molecule has 1 heterocycles. The molecule has 11 nitrogen and oxygen atoms in total. The summed E-state index contributed by atoms with van der Waals surface area (Å²) in [4.78, 5) is 26.5. The zero-order valence-corrected chi connectivity index (χ0v) is 50.4. The van der Waals surface area contributed by atoms with Crippen LogP contribution in [-0.4, -0.2) is 99.6 Å². The van der Waals surface area contributed by atoms with Crippen LogP contribution in [0.5, 0.6) is 0 Å². The molecule has 1 saturated heterocycles. The van der Waals surface area contributed by atoms with Crippen LogP contribution in [0.4, 0.5) is 0 Å². The van der Waals surface area contributed by atoms with Crippen molar-refractivity contribution in [1.29, 1.82) is 0 Å². The number of carbonyl (C=O) groups is 2. The van der Waals surface area contributed by atoms with Crippen molar-refractivity contribution in [2.75, 3.05) is 13.2 Å². The molecule has 1 rings (SSSR count). The molecule has 1 fully saturated rings. The predicted molar refractivity (Wildman–Crippen MR) is 320 cm³/mol. The van der Waals surface area contributed by atoms with Gasteiger partial charge < -0.3 is 45.1 Å². The van der Waals surface area contributed by atoms with E-state index in [9.17, 15) is 35.1 Å². The van der Waals surface area contributed by atoms with Gasteiger partial charge in [0.1, 0.15) is 24.4 Å². The third-order valence-electron chi connectivity index (χ3n) is 15.9. The molecular formula is C66H125NO10. The lowest BCUT2D eigenvalue weighted by molar-refractivity contribution is -0.305. The summed E-state index contributed by atoms with van der Waals surface area (Å²) in [6.07, 6.45) is 53.9. The molecule has 1 amide bonds. The summed E-state index contributed by atoms with van der Waals surface area (Å²) < 4.78 is 17.6. The number of hydrogen-bond acceptors (Lipinski definition) is 10. The van der Waals surface area contributed by atoms with E-state index < -0.39 is 67.4 Å². The first-order valence-corrected chi connectivity index (χ1v) is 33.1. The zero-order valence-electron chi connectivity index (χ0n) is 50.4. The summed E-state index contributed by atoms with van der Waals surface area (Å²) in [7, 11) is 0. The van der Waals surface area contributed by atoms with Crippen LogP contribution < -0.4 is 5.32 Å². The second kappa shape index (κ2) is 54.7. The fraction of sp³-hybridized carbons (Fsp3) is 0.909. The van der Waals surface area contributed by atoms with Gasteiger partial charge in [-0.2, -0.15) is 0 Å². The zero-order chi connectivity index (χ0) is 56.1. The molecule has 6 N–H and O–H groups in total. The van der Waals surface area contributed by atoms with Gasteiger partial charge in [-0.1, -0.05) is 289 Å². The minimum atomic E-state index is -1.61. The standard InChI is InChI=1S/C66H125NO10/c1-4-7-10-13-16-19-22-24-25-26-27-28-29-30-31-32-33-34-35-36-39-42-45-48-51-54-61(71)77-64-63(73)62(72)60(55-68)76-66(64)75-56-57(58(69)52-49-46-43-40-37-21-18-15-12-9-6-3)67-65(74)59(70)53-50-47-44-41-38-23-20-17-14-11-8-5-2/h38,41,49,52,57-60,62-64,66,68-70,72-73H,4-37,39-40,42-48,50-51,53-56H2,1-3H3,(H,67,74)/b41-38-,52-49+. The number of hydrogen-bond donors (Lipinski definition) is 6. The maximum absolute atomic E-state index is 13.4. The van der Waals surface area contributed by atoms with E-state index in [1.54, 1.807) is 6.08 Å². The molecule has 0 aliphatic carbocycles. The molecule has 8 unspecified atom stereocenters. The number of aliphatic hydroxyl groups excluding tert-OH is 5. The van der Waals surface area contributed by atoms with Gasteiger partial charge in [0.15, 0.2) is 12.4 Å². The van der Waals surface area contributed by atoms with Crippen molar-refractivity contribution in [3.05, 3.63) is 24.3 Å². The third-order valence-corrected chi connectivity index (χ3v) is 15.9.